The Balaban J connectivity index is 1.13. The number of esters is 2. The number of nitrogens with one attached hydrogen (secondary N) is 2. The second-order valence-corrected chi connectivity index (χ2v) is 16.5. The van der Waals surface area contributed by atoms with Gasteiger partial charge in [0.2, 0.25) is 11.6 Å². The number of hydrogen-bond donors (Lipinski definition) is 2. The van der Waals surface area contributed by atoms with E-state index < -0.39 is 6.10 Å². The molecule has 2 atom stereocenters. The topological polar surface area (TPSA) is 172 Å². The molecule has 0 saturated carbocycles. The molecule has 0 aromatic carbocycles. The smallest absolute Gasteiger partial charge is 0.306 e. The van der Waals surface area contributed by atoms with E-state index in [0.29, 0.717) is 83.0 Å². The van der Waals surface area contributed by atoms with Gasteiger partial charge in [0.05, 0.1) is 63.1 Å². The van der Waals surface area contributed by atoms with E-state index in [1.54, 1.807) is 0 Å². The standard InChI is InChI=1S/C35H60N8O8S2/c1-34(2,3)36-21-26(24-49-32-30(38-52-40-32)42-13-17-46-18-14-42)23-48-28(44)11-9-7-8-10-12-29(45)51-27(22-37-35(4,5)6)25-50-33-31(39-53-41-33)43-15-19-47-20-16-43/h26-27,36-37H,7-25H2,1-6H3/t26?,27-/m0/s1. The summed E-state index contributed by atoms with van der Waals surface area (Å²) in [7, 11) is 0. The van der Waals surface area contributed by atoms with Crippen LogP contribution in [0.5, 0.6) is 11.8 Å². The van der Waals surface area contributed by atoms with E-state index in [2.05, 4.69) is 79.5 Å². The maximum Gasteiger partial charge on any atom is 0.306 e. The van der Waals surface area contributed by atoms with E-state index in [-0.39, 0.29) is 48.6 Å². The van der Waals surface area contributed by atoms with Gasteiger partial charge in [-0.1, -0.05) is 12.8 Å². The van der Waals surface area contributed by atoms with Crippen LogP contribution < -0.4 is 29.9 Å². The fourth-order valence-electron chi connectivity index (χ4n) is 5.43. The minimum atomic E-state index is -0.492. The molecule has 4 rings (SSSR count). The van der Waals surface area contributed by atoms with Crippen molar-refractivity contribution in [3.8, 4) is 11.8 Å². The summed E-state index contributed by atoms with van der Waals surface area (Å²) in [6, 6.07) is 0. The summed E-state index contributed by atoms with van der Waals surface area (Å²) in [5.41, 5.74) is -0.252. The van der Waals surface area contributed by atoms with Crippen molar-refractivity contribution in [2.24, 2.45) is 5.92 Å². The largest absolute Gasteiger partial charge is 0.474 e. The lowest BCUT2D eigenvalue weighted by atomic mass is 10.1. The lowest BCUT2D eigenvalue weighted by Crippen LogP contribution is -2.44. The number of nitrogens with zero attached hydrogens (tertiary/aromatic N) is 6. The van der Waals surface area contributed by atoms with Crippen molar-refractivity contribution in [3.05, 3.63) is 0 Å². The van der Waals surface area contributed by atoms with Crippen LogP contribution in [0, 0.1) is 5.92 Å². The molecule has 1 unspecified atom stereocenters. The van der Waals surface area contributed by atoms with Crippen LogP contribution in [0.25, 0.3) is 0 Å². The molecular formula is C35H60N8O8S2. The van der Waals surface area contributed by atoms with Crippen LogP contribution in [0.4, 0.5) is 11.6 Å². The van der Waals surface area contributed by atoms with Crippen molar-refractivity contribution in [2.75, 3.05) is 95.3 Å². The van der Waals surface area contributed by atoms with Crippen molar-refractivity contribution >= 4 is 47.0 Å². The van der Waals surface area contributed by atoms with Crippen LogP contribution in [-0.2, 0) is 28.5 Å². The van der Waals surface area contributed by atoms with Gasteiger partial charge < -0.3 is 48.9 Å². The average Bonchev–Trinajstić information content (AvgIpc) is 3.80. The predicted octanol–water partition coefficient (Wildman–Crippen LogP) is 3.71. The highest BCUT2D eigenvalue weighted by Gasteiger charge is 2.25. The molecule has 0 amide bonds. The Morgan fingerprint density at radius 2 is 1.17 bits per heavy atom. The molecule has 0 spiro atoms. The van der Waals surface area contributed by atoms with Crippen LogP contribution in [0.2, 0.25) is 0 Å². The first-order chi connectivity index (χ1) is 25.4. The molecule has 4 heterocycles. The maximum absolute atomic E-state index is 12.8. The van der Waals surface area contributed by atoms with E-state index in [9.17, 15) is 9.59 Å². The van der Waals surface area contributed by atoms with Gasteiger partial charge in [0.15, 0.2) is 0 Å². The van der Waals surface area contributed by atoms with Gasteiger partial charge >= 0.3 is 11.9 Å². The number of unbranched alkanes of at least 4 members (excludes halogenated alkanes) is 3. The van der Waals surface area contributed by atoms with Crippen LogP contribution in [0.3, 0.4) is 0 Å². The molecule has 16 nitrogen and oxygen atoms in total. The van der Waals surface area contributed by atoms with Crippen LogP contribution in [0.15, 0.2) is 0 Å². The van der Waals surface area contributed by atoms with E-state index in [1.165, 1.54) is 0 Å². The first-order valence-corrected chi connectivity index (χ1v) is 20.2. The summed E-state index contributed by atoms with van der Waals surface area (Å²) in [5, 5.41) is 6.90. The van der Waals surface area contributed by atoms with Crippen molar-refractivity contribution < 1.29 is 38.0 Å². The Morgan fingerprint density at radius 3 is 1.70 bits per heavy atom. The lowest BCUT2D eigenvalue weighted by Gasteiger charge is -2.27. The van der Waals surface area contributed by atoms with Crippen LogP contribution in [0.1, 0.15) is 80.1 Å². The molecule has 2 aliphatic rings. The number of ether oxygens (including phenoxy) is 6. The zero-order chi connectivity index (χ0) is 38.1. The molecule has 2 fully saturated rings. The zero-order valence-corrected chi connectivity index (χ0v) is 34.0. The number of rotatable bonds is 22. The van der Waals surface area contributed by atoms with E-state index in [4.69, 9.17) is 28.4 Å². The molecule has 53 heavy (non-hydrogen) atoms. The Kier molecular flexibility index (Phi) is 17.7. The minimum Gasteiger partial charge on any atom is -0.474 e. The van der Waals surface area contributed by atoms with Crippen LogP contribution in [-0.4, -0.2) is 132 Å². The quantitative estimate of drug-likeness (QED) is 0.131. The number of hydrogen-bond acceptors (Lipinski definition) is 18. The van der Waals surface area contributed by atoms with Gasteiger partial charge in [0.1, 0.15) is 12.7 Å². The molecule has 2 aromatic rings. The minimum absolute atomic E-state index is 0.0683. The van der Waals surface area contributed by atoms with Gasteiger partial charge in [-0.3, -0.25) is 9.59 Å². The highest BCUT2D eigenvalue weighted by atomic mass is 32.1. The molecule has 2 aromatic heterocycles. The molecule has 0 radical (unpaired) electrons. The van der Waals surface area contributed by atoms with Crippen molar-refractivity contribution in [2.45, 2.75) is 97.2 Å². The first-order valence-electron chi connectivity index (χ1n) is 18.8. The third kappa shape index (κ3) is 16.6. The van der Waals surface area contributed by atoms with E-state index >= 15 is 0 Å². The Bertz CT molecular complexity index is 1360. The summed E-state index contributed by atoms with van der Waals surface area (Å²) >= 11 is 2.22. The predicted molar refractivity (Wildman–Crippen MR) is 204 cm³/mol. The first kappa shape index (κ1) is 42.8. The van der Waals surface area contributed by atoms with Gasteiger partial charge in [0.25, 0.3) is 11.8 Å². The summed E-state index contributed by atoms with van der Waals surface area (Å²) in [6.45, 7) is 19.8. The second-order valence-electron chi connectivity index (χ2n) is 15.4. The fourth-order valence-corrected chi connectivity index (χ4v) is 6.47. The van der Waals surface area contributed by atoms with Crippen molar-refractivity contribution in [3.63, 3.8) is 0 Å². The monoisotopic (exact) mass is 784 g/mol. The SMILES string of the molecule is CC(C)(C)NCC(COC(=O)CCCCCCC(=O)O[C@@H](CNC(C)(C)C)COc1nsnc1N1CCOCC1)COc1nsnc1N1CCOCC1. The number of anilines is 2. The third-order valence-electron chi connectivity index (χ3n) is 8.44. The van der Waals surface area contributed by atoms with Gasteiger partial charge in [0, 0.05) is 69.1 Å². The normalized spacial score (nSPS) is 16.6. The Labute approximate surface area is 322 Å². The summed E-state index contributed by atoms with van der Waals surface area (Å²) < 4.78 is 52.1. The zero-order valence-electron chi connectivity index (χ0n) is 32.4. The summed E-state index contributed by atoms with van der Waals surface area (Å²) in [5.74, 6) is 1.80. The summed E-state index contributed by atoms with van der Waals surface area (Å²) in [4.78, 5) is 29.7. The van der Waals surface area contributed by atoms with Gasteiger partial charge in [-0.15, -0.1) is 8.75 Å². The Morgan fingerprint density at radius 1 is 0.679 bits per heavy atom. The van der Waals surface area contributed by atoms with Gasteiger partial charge in [-0.2, -0.15) is 8.75 Å². The van der Waals surface area contributed by atoms with Crippen molar-refractivity contribution in [1.29, 1.82) is 0 Å². The average molecular weight is 785 g/mol. The molecule has 2 aliphatic heterocycles. The van der Waals surface area contributed by atoms with Crippen molar-refractivity contribution in [1.82, 2.24) is 28.1 Å². The molecule has 18 heteroatoms. The molecule has 300 valence electrons. The van der Waals surface area contributed by atoms with Gasteiger partial charge in [-0.05, 0) is 54.4 Å². The number of aromatic nitrogens is 4. The van der Waals surface area contributed by atoms with E-state index in [1.807, 2.05) is 0 Å². The highest BCUT2D eigenvalue weighted by molar-refractivity contribution is 6.99. The molecule has 2 N–H and O–H groups in total. The number of carbonyl (C=O) groups excluding carboxylic acids is 2. The number of carbonyl (C=O) groups is 2. The lowest BCUT2D eigenvalue weighted by molar-refractivity contribution is -0.151. The molecular weight excluding hydrogens is 725 g/mol. The fraction of sp³-hybridized carbons (Fsp3) is 0.829. The molecule has 2 saturated heterocycles. The summed E-state index contributed by atoms with van der Waals surface area (Å²) in [6.07, 6.45) is 3.07. The third-order valence-corrected chi connectivity index (χ3v) is 9.44. The van der Waals surface area contributed by atoms with E-state index in [0.717, 1.165) is 68.3 Å². The maximum atomic E-state index is 12.8. The van der Waals surface area contributed by atoms with Gasteiger partial charge in [-0.25, -0.2) is 0 Å². The Hall–Kier alpha value is -2.90. The highest BCUT2D eigenvalue weighted by Crippen LogP contribution is 2.28. The molecule has 0 bridgehead atoms. The number of morpholine rings is 2. The second kappa shape index (κ2) is 21.9. The molecule has 0 aliphatic carbocycles. The van der Waals surface area contributed by atoms with Crippen LogP contribution >= 0.6 is 23.5 Å².